The van der Waals surface area contributed by atoms with E-state index >= 15 is 0 Å². The molecule has 0 radical (unpaired) electrons. The number of para-hydroxylation sites is 1. The fourth-order valence-electron chi connectivity index (χ4n) is 2.23. The molecule has 2 aromatic heterocycles. The van der Waals surface area contributed by atoms with Crippen molar-refractivity contribution < 1.29 is 4.79 Å². The minimum Gasteiger partial charge on any atom is -0.301 e. The molecule has 0 spiro atoms. The number of rotatable bonds is 7. The highest BCUT2D eigenvalue weighted by Gasteiger charge is 2.09. The lowest BCUT2D eigenvalue weighted by Crippen LogP contribution is -2.11. The van der Waals surface area contributed by atoms with Crippen LogP contribution in [0, 0.1) is 0 Å². The summed E-state index contributed by atoms with van der Waals surface area (Å²) >= 11 is 3.15. The fraction of sp³-hybridized carbons (Fsp3) is 0.375. The predicted molar refractivity (Wildman–Crippen MR) is 95.1 cm³/mol. The van der Waals surface area contributed by atoms with Crippen molar-refractivity contribution in [3.63, 3.8) is 0 Å². The molecule has 0 aliphatic rings. The maximum atomic E-state index is 12.0. The van der Waals surface area contributed by atoms with Crippen molar-refractivity contribution in [2.45, 2.75) is 39.0 Å². The van der Waals surface area contributed by atoms with E-state index < -0.39 is 0 Å². The van der Waals surface area contributed by atoms with Crippen LogP contribution < -0.4 is 5.32 Å². The van der Waals surface area contributed by atoms with E-state index in [1.54, 1.807) is 11.3 Å². The monoisotopic (exact) mass is 346 g/mol. The zero-order valence-electron chi connectivity index (χ0n) is 12.9. The average molecular weight is 346 g/mol. The summed E-state index contributed by atoms with van der Waals surface area (Å²) < 4.78 is 1.20. The van der Waals surface area contributed by atoms with E-state index in [1.165, 1.54) is 16.0 Å². The molecule has 5 nitrogen and oxygen atoms in total. The molecule has 1 amide bonds. The summed E-state index contributed by atoms with van der Waals surface area (Å²) in [5, 5.41) is 13.5. The number of benzene rings is 1. The van der Waals surface area contributed by atoms with E-state index in [0.29, 0.717) is 11.6 Å². The number of thiazole rings is 1. The van der Waals surface area contributed by atoms with Crippen LogP contribution in [0.2, 0.25) is 0 Å². The number of nitrogens with zero attached hydrogens (tertiary/aromatic N) is 3. The Morgan fingerprint density at radius 3 is 2.83 bits per heavy atom. The zero-order valence-corrected chi connectivity index (χ0v) is 14.5. The van der Waals surface area contributed by atoms with Crippen LogP contribution in [0.1, 0.15) is 36.2 Å². The fourth-order valence-corrected chi connectivity index (χ4v) is 4.09. The van der Waals surface area contributed by atoms with Gasteiger partial charge in [0, 0.05) is 12.8 Å². The third-order valence-corrected chi connectivity index (χ3v) is 5.30. The Morgan fingerprint density at radius 2 is 2.00 bits per heavy atom. The normalized spacial score (nSPS) is 11.0. The first-order valence-electron chi connectivity index (χ1n) is 7.71. The molecular formula is C16H18N4OS2. The first kappa shape index (κ1) is 16.0. The van der Waals surface area contributed by atoms with Crippen LogP contribution in [0.15, 0.2) is 24.3 Å². The first-order chi connectivity index (χ1) is 11.2. The summed E-state index contributed by atoms with van der Waals surface area (Å²) in [5.74, 6) is -0.00897. The summed E-state index contributed by atoms with van der Waals surface area (Å²) in [6.07, 6.45) is 4.02. The minimum absolute atomic E-state index is 0.00897. The summed E-state index contributed by atoms with van der Waals surface area (Å²) in [6.45, 7) is 2.10. The molecule has 0 unspecified atom stereocenters. The summed E-state index contributed by atoms with van der Waals surface area (Å²) in [5.41, 5.74) is 1.04. The van der Waals surface area contributed by atoms with Gasteiger partial charge in [-0.1, -0.05) is 30.4 Å². The Morgan fingerprint density at radius 1 is 1.13 bits per heavy atom. The minimum atomic E-state index is -0.00897. The second-order valence-corrected chi connectivity index (χ2v) is 7.41. The standard InChI is InChI=1S/C16H18N4OS2/c1-2-6-15-19-20-16(23-15)18-13(21)9-5-10-14-17-11-7-3-4-8-12(11)22-14/h3-4,7-8H,2,5-6,9-10H2,1H3,(H,18,20,21). The number of carbonyl (C=O) groups excluding carboxylic acids is 1. The van der Waals surface area contributed by atoms with Crippen LogP contribution in [0.3, 0.4) is 0 Å². The maximum Gasteiger partial charge on any atom is 0.226 e. The molecule has 1 N–H and O–H groups in total. The Balaban J connectivity index is 1.46. The van der Waals surface area contributed by atoms with Gasteiger partial charge >= 0.3 is 0 Å². The molecule has 0 saturated heterocycles. The van der Waals surface area contributed by atoms with Crippen LogP contribution in [-0.2, 0) is 17.6 Å². The van der Waals surface area contributed by atoms with Crippen molar-refractivity contribution in [2.75, 3.05) is 5.32 Å². The van der Waals surface area contributed by atoms with E-state index in [0.717, 1.165) is 41.2 Å². The van der Waals surface area contributed by atoms with Crippen molar-refractivity contribution in [3.8, 4) is 0 Å². The maximum absolute atomic E-state index is 12.0. The molecule has 2 heterocycles. The smallest absolute Gasteiger partial charge is 0.226 e. The Kier molecular flexibility index (Phi) is 5.30. The second-order valence-electron chi connectivity index (χ2n) is 5.23. The largest absolute Gasteiger partial charge is 0.301 e. The Bertz CT molecular complexity index is 763. The Hall–Kier alpha value is -1.86. The third kappa shape index (κ3) is 4.33. The van der Waals surface area contributed by atoms with Gasteiger partial charge in [0.25, 0.3) is 0 Å². The van der Waals surface area contributed by atoms with E-state index in [-0.39, 0.29) is 5.91 Å². The van der Waals surface area contributed by atoms with E-state index in [2.05, 4.69) is 33.5 Å². The van der Waals surface area contributed by atoms with Gasteiger partial charge in [-0.3, -0.25) is 4.79 Å². The topological polar surface area (TPSA) is 67.8 Å². The number of carbonyl (C=O) groups is 1. The summed E-state index contributed by atoms with van der Waals surface area (Å²) in [7, 11) is 0. The van der Waals surface area contributed by atoms with Gasteiger partial charge in [-0.25, -0.2) is 4.98 Å². The number of amides is 1. The molecule has 120 valence electrons. The van der Waals surface area contributed by atoms with Crippen LogP contribution in [0.5, 0.6) is 0 Å². The number of nitrogens with one attached hydrogen (secondary N) is 1. The lowest BCUT2D eigenvalue weighted by Gasteiger charge is -1.99. The van der Waals surface area contributed by atoms with E-state index in [9.17, 15) is 4.79 Å². The van der Waals surface area contributed by atoms with Crippen molar-refractivity contribution in [1.29, 1.82) is 0 Å². The van der Waals surface area contributed by atoms with Crippen molar-refractivity contribution in [3.05, 3.63) is 34.3 Å². The summed E-state index contributed by atoms with van der Waals surface area (Å²) in [6, 6.07) is 8.11. The molecule has 0 bridgehead atoms. The highest BCUT2D eigenvalue weighted by Crippen LogP contribution is 2.23. The molecular weight excluding hydrogens is 328 g/mol. The number of anilines is 1. The van der Waals surface area contributed by atoms with Gasteiger partial charge in [0.05, 0.1) is 15.2 Å². The lowest BCUT2D eigenvalue weighted by atomic mass is 10.2. The van der Waals surface area contributed by atoms with E-state index in [1.807, 2.05) is 18.2 Å². The zero-order chi connectivity index (χ0) is 16.1. The molecule has 3 rings (SSSR count). The van der Waals surface area contributed by atoms with Gasteiger partial charge in [-0.05, 0) is 31.4 Å². The molecule has 23 heavy (non-hydrogen) atoms. The third-order valence-electron chi connectivity index (χ3n) is 3.31. The highest BCUT2D eigenvalue weighted by molar-refractivity contribution is 7.18. The molecule has 1 aromatic carbocycles. The molecule has 0 saturated carbocycles. The van der Waals surface area contributed by atoms with Crippen molar-refractivity contribution in [1.82, 2.24) is 15.2 Å². The number of fused-ring (bicyclic) bond motifs is 1. The molecule has 7 heteroatoms. The van der Waals surface area contributed by atoms with Crippen LogP contribution in [0.4, 0.5) is 5.13 Å². The van der Waals surface area contributed by atoms with Crippen LogP contribution in [0.25, 0.3) is 10.2 Å². The average Bonchev–Trinajstić information content (AvgIpc) is 3.14. The van der Waals surface area contributed by atoms with Crippen molar-refractivity contribution >= 4 is 43.9 Å². The van der Waals surface area contributed by atoms with Gasteiger partial charge in [0.2, 0.25) is 11.0 Å². The SMILES string of the molecule is CCCc1nnc(NC(=O)CCCc2nc3ccccc3s2)s1. The van der Waals surface area contributed by atoms with Gasteiger partial charge < -0.3 is 5.32 Å². The predicted octanol–water partition coefficient (Wildman–Crippen LogP) is 4.06. The van der Waals surface area contributed by atoms with E-state index in [4.69, 9.17) is 0 Å². The van der Waals surface area contributed by atoms with Crippen LogP contribution in [-0.4, -0.2) is 21.1 Å². The first-order valence-corrected chi connectivity index (χ1v) is 9.34. The Labute approximate surface area is 142 Å². The molecule has 3 aromatic rings. The summed E-state index contributed by atoms with van der Waals surface area (Å²) in [4.78, 5) is 16.5. The highest BCUT2D eigenvalue weighted by atomic mass is 32.1. The van der Waals surface area contributed by atoms with Crippen molar-refractivity contribution in [2.24, 2.45) is 0 Å². The number of aryl methyl sites for hydroxylation is 2. The molecule has 0 fully saturated rings. The number of aromatic nitrogens is 3. The van der Waals surface area contributed by atoms with Gasteiger partial charge in [0.15, 0.2) is 0 Å². The molecule has 0 aliphatic carbocycles. The van der Waals surface area contributed by atoms with Gasteiger partial charge in [0.1, 0.15) is 5.01 Å². The quantitative estimate of drug-likeness (QED) is 0.700. The number of hydrogen-bond acceptors (Lipinski definition) is 6. The van der Waals surface area contributed by atoms with Gasteiger partial charge in [-0.2, -0.15) is 0 Å². The lowest BCUT2D eigenvalue weighted by molar-refractivity contribution is -0.116. The molecule has 0 aliphatic heterocycles. The number of hydrogen-bond donors (Lipinski definition) is 1. The van der Waals surface area contributed by atoms with Crippen LogP contribution >= 0.6 is 22.7 Å². The van der Waals surface area contributed by atoms with Gasteiger partial charge in [-0.15, -0.1) is 21.5 Å². The molecule has 0 atom stereocenters. The second kappa shape index (κ2) is 7.61.